The van der Waals surface area contributed by atoms with Gasteiger partial charge in [0.05, 0.1) is 6.54 Å². The maximum absolute atomic E-state index is 3.81. The van der Waals surface area contributed by atoms with Crippen LogP contribution < -0.4 is 5.43 Å². The van der Waals surface area contributed by atoms with Crippen LogP contribution in [0.5, 0.6) is 0 Å². The average Bonchev–Trinajstić information content (AvgIpc) is 2.15. The molecule has 0 fully saturated rings. The van der Waals surface area contributed by atoms with Gasteiger partial charge in [0.25, 0.3) is 0 Å². The highest BCUT2D eigenvalue weighted by Gasteiger charge is 2.12. The van der Waals surface area contributed by atoms with E-state index < -0.39 is 0 Å². The summed E-state index contributed by atoms with van der Waals surface area (Å²) in [4.78, 5) is 0. The molecule has 1 aliphatic rings. The third-order valence-corrected chi connectivity index (χ3v) is 2.08. The van der Waals surface area contributed by atoms with Crippen LogP contribution in [0.1, 0.15) is 13.8 Å². The summed E-state index contributed by atoms with van der Waals surface area (Å²) in [5, 5.41) is 8.56. The number of thioether (sulfide) groups is 1. The lowest BCUT2D eigenvalue weighted by Crippen LogP contribution is -2.19. The summed E-state index contributed by atoms with van der Waals surface area (Å²) in [6, 6.07) is 0. The number of nitrogens with zero attached hydrogens (tertiary/aromatic N) is 2. The lowest BCUT2D eigenvalue weighted by atomic mass is 10.6. The van der Waals surface area contributed by atoms with E-state index in [2.05, 4.69) is 29.6 Å². The van der Waals surface area contributed by atoms with Crippen molar-refractivity contribution >= 4 is 11.8 Å². The van der Waals surface area contributed by atoms with Crippen LogP contribution in [0.2, 0.25) is 0 Å². The smallest absolute Gasteiger partial charge is 0.112 e. The van der Waals surface area contributed by atoms with Gasteiger partial charge in [0.2, 0.25) is 0 Å². The highest BCUT2D eigenvalue weighted by molar-refractivity contribution is 8.00. The van der Waals surface area contributed by atoms with Crippen molar-refractivity contribution in [3.63, 3.8) is 0 Å². The first-order valence-electron chi connectivity index (χ1n) is 3.06. The molecule has 3 nitrogen and oxygen atoms in total. The van der Waals surface area contributed by atoms with E-state index in [0.717, 1.165) is 6.54 Å². The van der Waals surface area contributed by atoms with Crippen molar-refractivity contribution in [3.8, 4) is 0 Å². The molecule has 0 amide bonds. The van der Waals surface area contributed by atoms with Crippen molar-refractivity contribution in [2.24, 2.45) is 10.3 Å². The summed E-state index contributed by atoms with van der Waals surface area (Å²) in [5.41, 5.74) is 2.91. The van der Waals surface area contributed by atoms with Crippen molar-refractivity contribution in [2.75, 3.05) is 6.54 Å². The molecule has 0 bridgehead atoms. The molecule has 0 aromatic rings. The monoisotopic (exact) mass is 145 g/mol. The Kier molecular flexibility index (Phi) is 2.33. The third-order valence-electron chi connectivity index (χ3n) is 0.956. The zero-order valence-electron chi connectivity index (χ0n) is 5.66. The number of hydrogen-bond acceptors (Lipinski definition) is 4. The molecule has 1 unspecified atom stereocenters. The molecule has 1 aliphatic heterocycles. The summed E-state index contributed by atoms with van der Waals surface area (Å²) in [6.45, 7) is 5.16. The van der Waals surface area contributed by atoms with E-state index >= 15 is 0 Å². The fourth-order valence-corrected chi connectivity index (χ4v) is 1.58. The van der Waals surface area contributed by atoms with Crippen molar-refractivity contribution in [1.82, 2.24) is 5.43 Å². The van der Waals surface area contributed by atoms with E-state index in [1.807, 2.05) is 11.8 Å². The van der Waals surface area contributed by atoms with Gasteiger partial charge in [-0.2, -0.15) is 5.11 Å². The van der Waals surface area contributed by atoms with E-state index in [0.29, 0.717) is 10.6 Å². The largest absolute Gasteiger partial charge is 0.277 e. The topological polar surface area (TPSA) is 36.8 Å². The molecule has 52 valence electrons. The second-order valence-electron chi connectivity index (χ2n) is 2.23. The Labute approximate surface area is 59.3 Å². The highest BCUT2D eigenvalue weighted by atomic mass is 32.2. The van der Waals surface area contributed by atoms with Crippen molar-refractivity contribution in [2.45, 2.75) is 24.5 Å². The first kappa shape index (κ1) is 6.86. The SMILES string of the molecule is CC(C)SC1CN=NN1. The second-order valence-corrected chi connectivity index (χ2v) is 4.01. The zero-order valence-corrected chi connectivity index (χ0v) is 6.48. The van der Waals surface area contributed by atoms with Gasteiger partial charge in [-0.05, 0) is 0 Å². The standard InChI is InChI=1S/C5H11N3S/c1-4(2)9-5-3-6-8-7-5/h4-5H,3H2,1-2H3,(H,6,7). The number of rotatable bonds is 2. The van der Waals surface area contributed by atoms with E-state index in [-0.39, 0.29) is 0 Å². The lowest BCUT2D eigenvalue weighted by molar-refractivity contribution is 0.778. The van der Waals surface area contributed by atoms with E-state index in [9.17, 15) is 0 Å². The molecule has 1 atom stereocenters. The van der Waals surface area contributed by atoms with E-state index in [1.165, 1.54) is 0 Å². The highest BCUT2D eigenvalue weighted by Crippen LogP contribution is 2.17. The van der Waals surface area contributed by atoms with Gasteiger partial charge in [0.15, 0.2) is 0 Å². The van der Waals surface area contributed by atoms with Crippen LogP contribution in [0.25, 0.3) is 0 Å². The van der Waals surface area contributed by atoms with Crippen molar-refractivity contribution < 1.29 is 0 Å². The molecule has 0 aromatic heterocycles. The summed E-state index contributed by atoms with van der Waals surface area (Å²) in [5.74, 6) is 0. The summed E-state index contributed by atoms with van der Waals surface area (Å²) >= 11 is 1.86. The first-order valence-corrected chi connectivity index (χ1v) is 4.01. The Morgan fingerprint density at radius 1 is 1.67 bits per heavy atom. The molecule has 0 aromatic carbocycles. The van der Waals surface area contributed by atoms with Crippen molar-refractivity contribution in [3.05, 3.63) is 0 Å². The molecule has 1 heterocycles. The second kappa shape index (κ2) is 3.06. The summed E-state index contributed by atoms with van der Waals surface area (Å²) in [6.07, 6.45) is 0. The van der Waals surface area contributed by atoms with Crippen LogP contribution in [0.4, 0.5) is 0 Å². The van der Waals surface area contributed by atoms with Gasteiger partial charge in [-0.1, -0.05) is 19.1 Å². The van der Waals surface area contributed by atoms with Crippen molar-refractivity contribution in [1.29, 1.82) is 0 Å². The summed E-state index contributed by atoms with van der Waals surface area (Å²) in [7, 11) is 0. The molecular formula is C5H11N3S. The Hall–Kier alpha value is -0.250. The maximum Gasteiger partial charge on any atom is 0.112 e. The van der Waals surface area contributed by atoms with E-state index in [1.54, 1.807) is 0 Å². The molecule has 1 N–H and O–H groups in total. The van der Waals surface area contributed by atoms with Crippen LogP contribution in [0.3, 0.4) is 0 Å². The van der Waals surface area contributed by atoms with Crippen LogP contribution in [0.15, 0.2) is 10.3 Å². The van der Waals surface area contributed by atoms with Gasteiger partial charge >= 0.3 is 0 Å². The van der Waals surface area contributed by atoms with Crippen LogP contribution >= 0.6 is 11.8 Å². The normalized spacial score (nSPS) is 25.0. The molecule has 0 saturated carbocycles. The average molecular weight is 145 g/mol. The fourth-order valence-electron chi connectivity index (χ4n) is 0.663. The van der Waals surface area contributed by atoms with Gasteiger partial charge in [0.1, 0.15) is 5.37 Å². The van der Waals surface area contributed by atoms with Gasteiger partial charge in [-0.25, -0.2) is 0 Å². The first-order chi connectivity index (χ1) is 4.29. The van der Waals surface area contributed by atoms with Crippen LogP contribution in [-0.4, -0.2) is 17.2 Å². The Morgan fingerprint density at radius 3 is 2.89 bits per heavy atom. The molecule has 0 radical (unpaired) electrons. The van der Waals surface area contributed by atoms with Crippen LogP contribution in [-0.2, 0) is 0 Å². The Morgan fingerprint density at radius 2 is 2.44 bits per heavy atom. The summed E-state index contributed by atoms with van der Waals surface area (Å²) < 4.78 is 0. The maximum atomic E-state index is 3.81. The molecule has 1 rings (SSSR count). The predicted molar refractivity (Wildman–Crippen MR) is 39.4 cm³/mol. The molecular weight excluding hydrogens is 134 g/mol. The van der Waals surface area contributed by atoms with Gasteiger partial charge < -0.3 is 0 Å². The van der Waals surface area contributed by atoms with Crippen LogP contribution in [0, 0.1) is 0 Å². The van der Waals surface area contributed by atoms with Gasteiger partial charge in [-0.15, -0.1) is 11.8 Å². The fraction of sp³-hybridized carbons (Fsp3) is 1.00. The molecule has 4 heteroatoms. The zero-order chi connectivity index (χ0) is 6.69. The minimum Gasteiger partial charge on any atom is -0.277 e. The third kappa shape index (κ3) is 2.22. The molecule has 0 aliphatic carbocycles. The quantitative estimate of drug-likeness (QED) is 0.638. The minimum absolute atomic E-state index is 0.421. The number of nitrogens with one attached hydrogen (secondary N) is 1. The minimum atomic E-state index is 0.421. The molecule has 0 spiro atoms. The Balaban J connectivity index is 2.14. The molecule has 0 saturated heterocycles. The lowest BCUT2D eigenvalue weighted by Gasteiger charge is -2.09. The van der Waals surface area contributed by atoms with Gasteiger partial charge in [-0.3, -0.25) is 5.43 Å². The number of hydrogen-bond donors (Lipinski definition) is 1. The Bertz CT molecular complexity index is 105. The predicted octanol–water partition coefficient (Wildman–Crippen LogP) is 1.42. The van der Waals surface area contributed by atoms with Gasteiger partial charge in [0, 0.05) is 5.25 Å². The van der Waals surface area contributed by atoms with E-state index in [4.69, 9.17) is 0 Å². The molecule has 9 heavy (non-hydrogen) atoms.